The highest BCUT2D eigenvalue weighted by Crippen LogP contribution is 2.27. The fourth-order valence-electron chi connectivity index (χ4n) is 1.12. The van der Waals surface area contributed by atoms with E-state index in [1.807, 2.05) is 0 Å². The molecule has 0 aliphatic rings. The minimum atomic E-state index is -1.03. The van der Waals surface area contributed by atoms with E-state index in [0.717, 1.165) is 23.5 Å². The lowest BCUT2D eigenvalue weighted by Crippen LogP contribution is -2.06. The molecule has 0 aliphatic carbocycles. The van der Waals surface area contributed by atoms with Gasteiger partial charge in [0.2, 0.25) is 5.78 Å². The topological polar surface area (TPSA) is 56.0 Å². The van der Waals surface area contributed by atoms with Gasteiger partial charge in [0.15, 0.2) is 0 Å². The predicted molar refractivity (Wildman–Crippen MR) is 64.1 cm³/mol. The Labute approximate surface area is 101 Å². The number of allylic oxidation sites excluding steroid dienone is 5. The number of carbonyl (C=O) groups excluding carboxylic acids is 1. The average molecular weight is 256 g/mol. The van der Waals surface area contributed by atoms with Gasteiger partial charge in [-0.3, -0.25) is 4.79 Å². The Balaban J connectivity index is 3.33. The number of carbonyl (C=O) groups is 1. The summed E-state index contributed by atoms with van der Waals surface area (Å²) in [6.45, 7) is 4.52. The minimum absolute atomic E-state index is 0.00833. The maximum atomic E-state index is 13.4. The van der Waals surface area contributed by atoms with Gasteiger partial charge in [-0.05, 0) is 13.0 Å². The number of rotatable bonds is 4. The molecule has 0 atom stereocenters. The second kappa shape index (κ2) is 5.49. The van der Waals surface area contributed by atoms with Crippen LogP contribution in [-0.4, -0.2) is 10.8 Å². The zero-order chi connectivity index (χ0) is 13.0. The molecule has 0 amide bonds. The molecule has 90 valence electrons. The third-order valence-corrected chi connectivity index (χ3v) is 2.78. The van der Waals surface area contributed by atoms with Gasteiger partial charge in [0.1, 0.15) is 22.3 Å². The van der Waals surface area contributed by atoms with Crippen LogP contribution in [0.2, 0.25) is 0 Å². The maximum Gasteiger partial charge on any atom is 0.212 e. The second-order valence-corrected chi connectivity index (χ2v) is 3.81. The van der Waals surface area contributed by atoms with E-state index in [-0.39, 0.29) is 10.7 Å². The van der Waals surface area contributed by atoms with Gasteiger partial charge < -0.3 is 5.73 Å². The third-order valence-electron chi connectivity index (χ3n) is 1.94. The van der Waals surface area contributed by atoms with E-state index in [1.54, 1.807) is 0 Å². The van der Waals surface area contributed by atoms with E-state index in [4.69, 9.17) is 5.73 Å². The van der Waals surface area contributed by atoms with Crippen LogP contribution in [0.25, 0.3) is 0 Å². The Hall–Kier alpha value is -1.82. The van der Waals surface area contributed by atoms with E-state index >= 15 is 0 Å². The number of thiazole rings is 1. The summed E-state index contributed by atoms with van der Waals surface area (Å²) in [7, 11) is 0. The SMILES string of the molecule is C=C/C(F)=C(C(=O)c1scnc1N)\C(F)=C/C. The molecule has 0 saturated heterocycles. The first-order chi connectivity index (χ1) is 8.02. The molecule has 17 heavy (non-hydrogen) atoms. The van der Waals surface area contributed by atoms with Crippen LogP contribution in [0.5, 0.6) is 0 Å². The summed E-state index contributed by atoms with van der Waals surface area (Å²) in [4.78, 5) is 15.6. The summed E-state index contributed by atoms with van der Waals surface area (Å²) in [6, 6.07) is 0. The van der Waals surface area contributed by atoms with Gasteiger partial charge in [-0.15, -0.1) is 11.3 Å². The molecule has 1 aromatic heterocycles. The molecule has 0 aliphatic heterocycles. The number of nitrogens with two attached hydrogens (primary N) is 1. The van der Waals surface area contributed by atoms with Crippen LogP contribution in [0.1, 0.15) is 16.6 Å². The van der Waals surface area contributed by atoms with Crippen molar-refractivity contribution in [1.82, 2.24) is 4.98 Å². The van der Waals surface area contributed by atoms with Crippen molar-refractivity contribution in [3.63, 3.8) is 0 Å². The van der Waals surface area contributed by atoms with Crippen molar-refractivity contribution in [3.05, 3.63) is 46.3 Å². The van der Waals surface area contributed by atoms with Crippen LogP contribution >= 0.6 is 11.3 Å². The first-order valence-corrected chi connectivity index (χ1v) is 5.48. The lowest BCUT2D eigenvalue weighted by molar-refractivity contribution is 0.103. The van der Waals surface area contributed by atoms with Crippen LogP contribution in [-0.2, 0) is 0 Å². The standard InChI is InChI=1S/C11H10F2N2OS/c1-3-6(12)8(7(13)4-2)9(16)10-11(14)15-5-17-10/h3-5H,1,14H2,2H3/b7-4+,8-6-. The number of nitrogen functional groups attached to an aromatic ring is 1. The number of ketones is 1. The molecular formula is C11H10F2N2OS. The van der Waals surface area contributed by atoms with Crippen molar-refractivity contribution in [2.45, 2.75) is 6.92 Å². The van der Waals surface area contributed by atoms with Gasteiger partial charge in [0.05, 0.1) is 11.1 Å². The van der Waals surface area contributed by atoms with Crippen molar-refractivity contribution in [3.8, 4) is 0 Å². The van der Waals surface area contributed by atoms with Crippen molar-refractivity contribution >= 4 is 22.9 Å². The monoisotopic (exact) mass is 256 g/mol. The minimum Gasteiger partial charge on any atom is -0.382 e. The van der Waals surface area contributed by atoms with Crippen molar-refractivity contribution in [2.24, 2.45) is 0 Å². The van der Waals surface area contributed by atoms with E-state index in [9.17, 15) is 13.6 Å². The molecule has 0 aromatic carbocycles. The fraction of sp³-hybridized carbons (Fsp3) is 0.0909. The summed E-state index contributed by atoms with van der Waals surface area (Å²) in [5.74, 6) is -2.87. The molecule has 1 rings (SSSR count). The largest absolute Gasteiger partial charge is 0.382 e. The average Bonchev–Trinajstić information content (AvgIpc) is 2.74. The molecule has 3 nitrogen and oxygen atoms in total. The first-order valence-electron chi connectivity index (χ1n) is 4.61. The molecule has 1 aromatic rings. The summed E-state index contributed by atoms with van der Waals surface area (Å²) in [5, 5.41) is 0. The van der Waals surface area contributed by atoms with Crippen LogP contribution in [0, 0.1) is 0 Å². The molecule has 0 spiro atoms. The highest BCUT2D eigenvalue weighted by molar-refractivity contribution is 7.12. The van der Waals surface area contributed by atoms with Crippen LogP contribution < -0.4 is 5.73 Å². The summed E-state index contributed by atoms with van der Waals surface area (Å²) >= 11 is 0.927. The van der Waals surface area contributed by atoms with Gasteiger partial charge in [-0.1, -0.05) is 12.7 Å². The van der Waals surface area contributed by atoms with Crippen LogP contribution in [0.15, 0.2) is 41.5 Å². The normalized spacial score (nSPS) is 13.2. The Bertz CT molecular complexity index is 517. The first kappa shape index (κ1) is 13.2. The van der Waals surface area contributed by atoms with E-state index < -0.39 is 23.0 Å². The van der Waals surface area contributed by atoms with E-state index in [2.05, 4.69) is 11.6 Å². The lowest BCUT2D eigenvalue weighted by Gasteiger charge is -2.03. The van der Waals surface area contributed by atoms with Gasteiger partial charge in [0.25, 0.3) is 0 Å². The molecule has 0 fully saturated rings. The van der Waals surface area contributed by atoms with Crippen molar-refractivity contribution in [1.29, 1.82) is 0 Å². The van der Waals surface area contributed by atoms with Gasteiger partial charge >= 0.3 is 0 Å². The number of aromatic nitrogens is 1. The molecule has 2 N–H and O–H groups in total. The predicted octanol–water partition coefficient (Wildman–Crippen LogP) is 3.19. The van der Waals surface area contributed by atoms with Crippen LogP contribution in [0.4, 0.5) is 14.6 Å². The zero-order valence-corrected chi connectivity index (χ0v) is 9.85. The second-order valence-electron chi connectivity index (χ2n) is 2.96. The molecule has 0 radical (unpaired) electrons. The number of anilines is 1. The highest BCUT2D eigenvalue weighted by Gasteiger charge is 2.23. The number of hydrogen-bond donors (Lipinski definition) is 1. The van der Waals surface area contributed by atoms with E-state index in [0.29, 0.717) is 0 Å². The van der Waals surface area contributed by atoms with Crippen molar-refractivity contribution in [2.75, 3.05) is 5.73 Å². The molecule has 1 heterocycles. The smallest absolute Gasteiger partial charge is 0.212 e. The highest BCUT2D eigenvalue weighted by atomic mass is 32.1. The molecule has 0 unspecified atom stereocenters. The van der Waals surface area contributed by atoms with Gasteiger partial charge in [-0.2, -0.15) is 0 Å². The summed E-state index contributed by atoms with van der Waals surface area (Å²) < 4.78 is 26.9. The maximum absolute atomic E-state index is 13.4. The lowest BCUT2D eigenvalue weighted by atomic mass is 10.1. The Kier molecular flexibility index (Phi) is 4.28. The number of hydrogen-bond acceptors (Lipinski definition) is 4. The van der Waals surface area contributed by atoms with Crippen molar-refractivity contribution < 1.29 is 13.6 Å². The zero-order valence-electron chi connectivity index (χ0n) is 9.04. The molecule has 0 bridgehead atoms. The summed E-state index contributed by atoms with van der Waals surface area (Å²) in [5.41, 5.74) is 6.08. The number of halogens is 2. The molecule has 6 heteroatoms. The Morgan fingerprint density at radius 3 is 2.65 bits per heavy atom. The quantitative estimate of drug-likeness (QED) is 0.511. The Morgan fingerprint density at radius 2 is 2.24 bits per heavy atom. The summed E-state index contributed by atoms with van der Waals surface area (Å²) in [6.07, 6.45) is 1.76. The van der Waals surface area contributed by atoms with Crippen LogP contribution in [0.3, 0.4) is 0 Å². The fourth-order valence-corrected chi connectivity index (χ4v) is 1.77. The van der Waals surface area contributed by atoms with E-state index in [1.165, 1.54) is 12.4 Å². The third kappa shape index (κ3) is 2.65. The van der Waals surface area contributed by atoms with Gasteiger partial charge in [-0.25, -0.2) is 13.8 Å². The Morgan fingerprint density at radius 1 is 1.59 bits per heavy atom. The van der Waals surface area contributed by atoms with Gasteiger partial charge in [0, 0.05) is 0 Å². The number of Topliss-reactive ketones (excluding diaryl/α,β-unsaturated/α-hetero) is 1. The molecular weight excluding hydrogens is 246 g/mol. The molecule has 0 saturated carbocycles. The number of nitrogens with zero attached hydrogens (tertiary/aromatic N) is 1.